The molecule has 1 aromatic carbocycles. The van der Waals surface area contributed by atoms with E-state index in [-0.39, 0.29) is 18.3 Å². The molecule has 1 rings (SSSR count). The third-order valence-corrected chi connectivity index (χ3v) is 3.10. The number of carbonyl (C=O) groups is 1. The van der Waals surface area contributed by atoms with Crippen LogP contribution in [0.2, 0.25) is 0 Å². The lowest BCUT2D eigenvalue weighted by atomic mass is 10.1. The van der Waals surface area contributed by atoms with Crippen LogP contribution in [0.5, 0.6) is 0 Å². The Kier molecular flexibility index (Phi) is 6.86. The van der Waals surface area contributed by atoms with Crippen LogP contribution >= 0.6 is 0 Å². The molecular weight excluding hydrogens is 269 g/mol. The van der Waals surface area contributed by atoms with Crippen molar-refractivity contribution in [3.8, 4) is 11.8 Å². The van der Waals surface area contributed by atoms with E-state index in [4.69, 9.17) is 5.73 Å². The summed E-state index contributed by atoms with van der Waals surface area (Å²) in [7, 11) is 3.46. The van der Waals surface area contributed by atoms with Gasteiger partial charge in [-0.25, -0.2) is 4.39 Å². The molecule has 1 amide bonds. The van der Waals surface area contributed by atoms with Gasteiger partial charge in [0.05, 0.1) is 13.1 Å². The Morgan fingerprint density at radius 1 is 1.38 bits per heavy atom. The van der Waals surface area contributed by atoms with Crippen molar-refractivity contribution in [2.45, 2.75) is 13.5 Å². The Morgan fingerprint density at radius 2 is 2.10 bits per heavy atom. The van der Waals surface area contributed by atoms with Gasteiger partial charge in [0.15, 0.2) is 0 Å². The molecule has 0 aliphatic rings. The van der Waals surface area contributed by atoms with Crippen molar-refractivity contribution in [2.24, 2.45) is 5.73 Å². The molecule has 1 aromatic rings. The van der Waals surface area contributed by atoms with Gasteiger partial charge < -0.3 is 10.6 Å². The molecule has 0 radical (unpaired) electrons. The summed E-state index contributed by atoms with van der Waals surface area (Å²) in [5.74, 6) is 5.33. The average Bonchev–Trinajstić information content (AvgIpc) is 2.46. The van der Waals surface area contributed by atoms with Crippen LogP contribution in [0, 0.1) is 17.7 Å². The van der Waals surface area contributed by atoms with Crippen molar-refractivity contribution in [2.75, 3.05) is 33.7 Å². The number of nitrogens with zero attached hydrogens (tertiary/aromatic N) is 2. The molecule has 0 aliphatic carbocycles. The zero-order valence-electron chi connectivity index (χ0n) is 12.8. The molecule has 0 bridgehead atoms. The highest BCUT2D eigenvalue weighted by atomic mass is 19.1. The third-order valence-electron chi connectivity index (χ3n) is 3.10. The number of hydrogen-bond acceptors (Lipinski definition) is 3. The lowest BCUT2D eigenvalue weighted by Gasteiger charge is -2.22. The van der Waals surface area contributed by atoms with Crippen LogP contribution in [0.3, 0.4) is 0 Å². The van der Waals surface area contributed by atoms with Gasteiger partial charge in [-0.15, -0.1) is 0 Å². The van der Waals surface area contributed by atoms with E-state index in [1.165, 1.54) is 12.1 Å². The van der Waals surface area contributed by atoms with E-state index in [1.54, 1.807) is 25.1 Å². The number of hydrogen-bond donors (Lipinski definition) is 1. The predicted octanol–water partition coefficient (Wildman–Crippen LogP) is 1.05. The number of carbonyl (C=O) groups excluding carboxylic acids is 1. The number of benzene rings is 1. The van der Waals surface area contributed by atoms with Crippen molar-refractivity contribution < 1.29 is 9.18 Å². The van der Waals surface area contributed by atoms with Gasteiger partial charge in [-0.1, -0.05) is 24.8 Å². The second-order valence-electron chi connectivity index (χ2n) is 4.90. The topological polar surface area (TPSA) is 49.6 Å². The van der Waals surface area contributed by atoms with Gasteiger partial charge in [0.1, 0.15) is 5.82 Å². The van der Waals surface area contributed by atoms with E-state index in [0.29, 0.717) is 18.7 Å². The fourth-order valence-electron chi connectivity index (χ4n) is 1.80. The maximum absolute atomic E-state index is 13.3. The van der Waals surface area contributed by atoms with E-state index >= 15 is 0 Å². The standard InChI is InChI=1S/C16H22FN3O/c1-4-20(12-16(21)19(2)3)11-14-7-8-15(17)10-13(14)6-5-9-18/h7-8,10H,4,9,11-12,18H2,1-3H3. The number of likely N-dealkylation sites (N-methyl/N-ethyl adjacent to an activating group) is 2. The maximum Gasteiger partial charge on any atom is 0.236 e. The second kappa shape index (κ2) is 8.40. The highest BCUT2D eigenvalue weighted by Gasteiger charge is 2.13. The monoisotopic (exact) mass is 291 g/mol. The summed E-state index contributed by atoms with van der Waals surface area (Å²) in [6, 6.07) is 4.52. The van der Waals surface area contributed by atoms with Gasteiger partial charge in [0.2, 0.25) is 5.91 Å². The SMILES string of the molecule is CCN(CC(=O)N(C)C)Cc1ccc(F)cc1C#CCN. The summed E-state index contributed by atoms with van der Waals surface area (Å²) in [4.78, 5) is 15.3. The van der Waals surface area contributed by atoms with Crippen LogP contribution in [0.15, 0.2) is 18.2 Å². The first kappa shape index (κ1) is 17.2. The first-order chi connectivity index (χ1) is 9.97. The van der Waals surface area contributed by atoms with E-state index in [0.717, 1.165) is 12.1 Å². The van der Waals surface area contributed by atoms with Crippen molar-refractivity contribution in [1.29, 1.82) is 0 Å². The maximum atomic E-state index is 13.3. The number of amides is 1. The summed E-state index contributed by atoms with van der Waals surface area (Å²) in [5.41, 5.74) is 6.88. The second-order valence-corrected chi connectivity index (χ2v) is 4.90. The number of rotatable bonds is 5. The Balaban J connectivity index is 2.91. The molecule has 0 unspecified atom stereocenters. The Hall–Kier alpha value is -1.90. The van der Waals surface area contributed by atoms with Crippen molar-refractivity contribution in [3.63, 3.8) is 0 Å². The molecule has 0 saturated heterocycles. The van der Waals surface area contributed by atoms with E-state index < -0.39 is 0 Å². The lowest BCUT2D eigenvalue weighted by molar-refractivity contribution is -0.130. The Labute approximate surface area is 125 Å². The van der Waals surface area contributed by atoms with Crippen LogP contribution in [0.4, 0.5) is 4.39 Å². The van der Waals surface area contributed by atoms with Gasteiger partial charge in [0.25, 0.3) is 0 Å². The number of halogens is 1. The fourth-order valence-corrected chi connectivity index (χ4v) is 1.80. The lowest BCUT2D eigenvalue weighted by Crippen LogP contribution is -2.36. The molecule has 5 heteroatoms. The van der Waals surface area contributed by atoms with Crippen LogP contribution in [-0.4, -0.2) is 49.4 Å². The molecule has 0 spiro atoms. The molecule has 0 aliphatic heterocycles. The number of nitrogens with two attached hydrogens (primary N) is 1. The molecule has 0 atom stereocenters. The van der Waals surface area contributed by atoms with Crippen LogP contribution in [0.1, 0.15) is 18.1 Å². The molecule has 0 saturated carbocycles. The van der Waals surface area contributed by atoms with Crippen LogP contribution < -0.4 is 5.73 Å². The fraction of sp³-hybridized carbons (Fsp3) is 0.438. The Morgan fingerprint density at radius 3 is 2.67 bits per heavy atom. The molecular formula is C16H22FN3O. The van der Waals surface area contributed by atoms with Gasteiger partial charge in [0, 0.05) is 26.2 Å². The summed E-state index contributed by atoms with van der Waals surface area (Å²) in [5, 5.41) is 0. The Bertz CT molecular complexity index is 546. The molecule has 4 nitrogen and oxygen atoms in total. The van der Waals surface area contributed by atoms with E-state index in [2.05, 4.69) is 11.8 Å². The van der Waals surface area contributed by atoms with Crippen LogP contribution in [0.25, 0.3) is 0 Å². The summed E-state index contributed by atoms with van der Waals surface area (Å²) >= 11 is 0. The minimum Gasteiger partial charge on any atom is -0.348 e. The van der Waals surface area contributed by atoms with Gasteiger partial charge in [-0.2, -0.15) is 0 Å². The van der Waals surface area contributed by atoms with E-state index in [1.807, 2.05) is 11.8 Å². The van der Waals surface area contributed by atoms with Crippen molar-refractivity contribution in [1.82, 2.24) is 9.80 Å². The smallest absolute Gasteiger partial charge is 0.236 e. The largest absolute Gasteiger partial charge is 0.348 e. The molecule has 21 heavy (non-hydrogen) atoms. The quantitative estimate of drug-likeness (QED) is 0.825. The minimum absolute atomic E-state index is 0.0357. The highest BCUT2D eigenvalue weighted by molar-refractivity contribution is 5.77. The van der Waals surface area contributed by atoms with Gasteiger partial charge >= 0.3 is 0 Å². The van der Waals surface area contributed by atoms with Gasteiger partial charge in [-0.05, 0) is 24.2 Å². The third kappa shape index (κ3) is 5.54. The van der Waals surface area contributed by atoms with Crippen molar-refractivity contribution in [3.05, 3.63) is 35.1 Å². The molecule has 0 aromatic heterocycles. The molecule has 0 fully saturated rings. The van der Waals surface area contributed by atoms with Crippen LogP contribution in [-0.2, 0) is 11.3 Å². The summed E-state index contributed by atoms with van der Waals surface area (Å²) in [6.07, 6.45) is 0. The molecule has 2 N–H and O–H groups in total. The van der Waals surface area contributed by atoms with Gasteiger partial charge in [-0.3, -0.25) is 9.69 Å². The summed E-state index contributed by atoms with van der Waals surface area (Å²) < 4.78 is 13.3. The predicted molar refractivity (Wildman–Crippen MR) is 82.0 cm³/mol. The zero-order chi connectivity index (χ0) is 15.8. The minimum atomic E-state index is -0.326. The zero-order valence-corrected chi connectivity index (χ0v) is 12.8. The first-order valence-corrected chi connectivity index (χ1v) is 6.87. The highest BCUT2D eigenvalue weighted by Crippen LogP contribution is 2.13. The molecule has 114 valence electrons. The average molecular weight is 291 g/mol. The van der Waals surface area contributed by atoms with Crippen molar-refractivity contribution >= 4 is 5.91 Å². The first-order valence-electron chi connectivity index (χ1n) is 6.87. The summed E-state index contributed by atoms with van der Waals surface area (Å²) in [6.45, 7) is 3.81. The molecule has 0 heterocycles. The normalized spacial score (nSPS) is 10.2. The van der Waals surface area contributed by atoms with E-state index in [9.17, 15) is 9.18 Å².